The molecule has 0 atom stereocenters. The fraction of sp³-hybridized carbons (Fsp3) is 0.100. The molecule has 1 aromatic heterocycles. The number of aromatic nitrogens is 1. The second-order valence-corrected chi connectivity index (χ2v) is 7.20. The van der Waals surface area contributed by atoms with Gasteiger partial charge in [0.15, 0.2) is 11.5 Å². The molecule has 0 aliphatic heterocycles. The normalized spacial score (nSPS) is 11.0. The van der Waals surface area contributed by atoms with Crippen molar-refractivity contribution in [3.05, 3.63) is 63.5 Å². The Morgan fingerprint density at radius 1 is 1.15 bits per heavy atom. The van der Waals surface area contributed by atoms with Gasteiger partial charge in [-0.3, -0.25) is 0 Å². The summed E-state index contributed by atoms with van der Waals surface area (Å²) in [5.41, 5.74) is 3.09. The molecule has 0 fully saturated rings. The van der Waals surface area contributed by atoms with Crippen LogP contribution in [-0.2, 0) is 0 Å². The molecule has 0 aliphatic carbocycles. The van der Waals surface area contributed by atoms with Gasteiger partial charge >= 0.3 is 0 Å². The van der Waals surface area contributed by atoms with E-state index < -0.39 is 0 Å². The van der Waals surface area contributed by atoms with Crippen LogP contribution in [0.3, 0.4) is 0 Å². The molecule has 2 aromatic carbocycles. The first kappa shape index (κ1) is 19.0. The van der Waals surface area contributed by atoms with Crippen molar-refractivity contribution >= 4 is 38.5 Å². The molecule has 0 aliphatic rings. The molecule has 7 heteroatoms. The molecule has 0 bridgehead atoms. The molecule has 3 aromatic rings. The number of hydrogen-bond acceptors (Lipinski definition) is 6. The highest BCUT2D eigenvalue weighted by Crippen LogP contribution is 2.30. The number of thiazole rings is 1. The monoisotopic (exact) mass is 441 g/mol. The Bertz CT molecular complexity index is 1010. The van der Waals surface area contributed by atoms with Gasteiger partial charge in [0.25, 0.3) is 0 Å². The van der Waals surface area contributed by atoms with Gasteiger partial charge in [-0.25, -0.2) is 4.98 Å². The molecule has 1 N–H and O–H groups in total. The summed E-state index contributed by atoms with van der Waals surface area (Å²) in [6.07, 6.45) is 1.64. The van der Waals surface area contributed by atoms with Crippen LogP contribution in [0.5, 0.6) is 11.5 Å². The van der Waals surface area contributed by atoms with Crippen molar-refractivity contribution in [3.63, 3.8) is 0 Å². The number of nitrogens with zero attached hydrogens (tertiary/aromatic N) is 2. The van der Waals surface area contributed by atoms with Crippen LogP contribution < -0.4 is 14.8 Å². The predicted molar refractivity (Wildman–Crippen MR) is 112 cm³/mol. The molecule has 27 heavy (non-hydrogen) atoms. The second-order valence-electron chi connectivity index (χ2n) is 5.43. The van der Waals surface area contributed by atoms with E-state index in [-0.39, 0.29) is 0 Å². The Morgan fingerprint density at radius 3 is 2.56 bits per heavy atom. The van der Waals surface area contributed by atoms with Crippen LogP contribution in [0.25, 0.3) is 16.8 Å². The fourth-order valence-corrected chi connectivity index (χ4v) is 3.43. The molecule has 136 valence electrons. The van der Waals surface area contributed by atoms with E-state index in [0.717, 1.165) is 21.4 Å². The number of rotatable bonds is 6. The number of benzene rings is 2. The maximum atomic E-state index is 9.51. The van der Waals surface area contributed by atoms with E-state index in [1.807, 2.05) is 35.7 Å². The van der Waals surface area contributed by atoms with E-state index in [4.69, 9.17) is 9.47 Å². The van der Waals surface area contributed by atoms with Crippen LogP contribution in [-0.4, -0.2) is 19.2 Å². The quantitative estimate of drug-likeness (QED) is 0.506. The van der Waals surface area contributed by atoms with Gasteiger partial charge in [0.2, 0.25) is 0 Å². The Balaban J connectivity index is 1.81. The maximum Gasteiger partial charge on any atom is 0.162 e. The van der Waals surface area contributed by atoms with Crippen molar-refractivity contribution in [2.24, 2.45) is 0 Å². The molecule has 1 heterocycles. The highest BCUT2D eigenvalue weighted by molar-refractivity contribution is 9.10. The van der Waals surface area contributed by atoms with E-state index in [9.17, 15) is 5.26 Å². The Kier molecular flexibility index (Phi) is 6.12. The minimum Gasteiger partial charge on any atom is -0.493 e. The number of hydrogen-bond donors (Lipinski definition) is 1. The van der Waals surface area contributed by atoms with Crippen molar-refractivity contribution in [1.29, 1.82) is 5.26 Å². The average molecular weight is 442 g/mol. The number of methoxy groups -OCH3 is 2. The summed E-state index contributed by atoms with van der Waals surface area (Å²) >= 11 is 4.86. The lowest BCUT2D eigenvalue weighted by atomic mass is 10.2. The van der Waals surface area contributed by atoms with Gasteiger partial charge < -0.3 is 14.8 Å². The van der Waals surface area contributed by atoms with Crippen LogP contribution in [0.2, 0.25) is 0 Å². The summed E-state index contributed by atoms with van der Waals surface area (Å²) in [5, 5.41) is 15.2. The fourth-order valence-electron chi connectivity index (χ4n) is 2.37. The molecule has 0 spiro atoms. The van der Waals surface area contributed by atoms with E-state index in [2.05, 4.69) is 32.3 Å². The van der Waals surface area contributed by atoms with Gasteiger partial charge in [0.05, 0.1) is 19.9 Å². The summed E-state index contributed by atoms with van der Waals surface area (Å²) < 4.78 is 11.5. The van der Waals surface area contributed by atoms with Crippen LogP contribution >= 0.6 is 27.3 Å². The zero-order chi connectivity index (χ0) is 19.2. The molecular formula is C20H16BrN3O2S. The summed E-state index contributed by atoms with van der Waals surface area (Å²) in [6.45, 7) is 0. The molecule has 0 radical (unpaired) electrons. The first-order valence-electron chi connectivity index (χ1n) is 7.95. The average Bonchev–Trinajstić information content (AvgIpc) is 3.18. The number of halogens is 1. The van der Waals surface area contributed by atoms with Crippen LogP contribution in [0.1, 0.15) is 5.01 Å². The lowest BCUT2D eigenvalue weighted by molar-refractivity contribution is 0.355. The highest BCUT2D eigenvalue weighted by atomic mass is 79.9. The Labute approximate surface area is 170 Å². The van der Waals surface area contributed by atoms with Gasteiger partial charge in [-0.2, -0.15) is 5.26 Å². The Morgan fingerprint density at radius 2 is 1.89 bits per heavy atom. The first-order chi connectivity index (χ1) is 13.1. The largest absolute Gasteiger partial charge is 0.493 e. The standard InChI is InChI=1S/C20H16BrN3O2S/c1-25-18-8-7-16(9-19(18)26-2)23-11-14(10-22)20-24-17(12-27-20)13-3-5-15(21)6-4-13/h3-9,11-12,23H,1-2H3. The molecule has 5 nitrogen and oxygen atoms in total. The highest BCUT2D eigenvalue weighted by Gasteiger charge is 2.09. The third kappa shape index (κ3) is 4.48. The van der Waals surface area contributed by atoms with Crippen molar-refractivity contribution in [2.45, 2.75) is 0 Å². The number of nitrogens with one attached hydrogen (secondary N) is 1. The van der Waals surface area contributed by atoms with Crippen molar-refractivity contribution in [1.82, 2.24) is 4.98 Å². The number of nitriles is 1. The summed E-state index contributed by atoms with van der Waals surface area (Å²) in [5.74, 6) is 1.26. The minimum absolute atomic E-state index is 0.457. The van der Waals surface area contributed by atoms with Crippen molar-refractivity contribution < 1.29 is 9.47 Å². The smallest absolute Gasteiger partial charge is 0.162 e. The number of allylic oxidation sites excluding steroid dienone is 1. The predicted octanol–water partition coefficient (Wildman–Crippen LogP) is 5.57. The van der Waals surface area contributed by atoms with Gasteiger partial charge in [0, 0.05) is 33.4 Å². The molecule has 3 rings (SSSR count). The van der Waals surface area contributed by atoms with E-state index in [1.54, 1.807) is 32.6 Å². The van der Waals surface area contributed by atoms with E-state index in [0.29, 0.717) is 22.1 Å². The lowest BCUT2D eigenvalue weighted by Gasteiger charge is -2.09. The second kappa shape index (κ2) is 8.71. The third-order valence-electron chi connectivity index (χ3n) is 3.76. The van der Waals surface area contributed by atoms with E-state index in [1.165, 1.54) is 11.3 Å². The topological polar surface area (TPSA) is 67.2 Å². The first-order valence-corrected chi connectivity index (χ1v) is 9.62. The van der Waals surface area contributed by atoms with Crippen molar-refractivity contribution in [2.75, 3.05) is 19.5 Å². The number of anilines is 1. The molecule has 0 saturated heterocycles. The van der Waals surface area contributed by atoms with Crippen molar-refractivity contribution in [3.8, 4) is 28.8 Å². The molecular weight excluding hydrogens is 426 g/mol. The summed E-state index contributed by atoms with van der Waals surface area (Å²) in [6, 6.07) is 15.6. The number of ether oxygens (including phenoxy) is 2. The lowest BCUT2D eigenvalue weighted by Crippen LogP contribution is -1.94. The molecule has 0 amide bonds. The Hall–Kier alpha value is -2.82. The van der Waals surface area contributed by atoms with E-state index >= 15 is 0 Å². The zero-order valence-corrected chi connectivity index (χ0v) is 17.1. The summed E-state index contributed by atoms with van der Waals surface area (Å²) in [7, 11) is 3.17. The van der Waals surface area contributed by atoms with Crippen LogP contribution in [0.15, 0.2) is 58.5 Å². The minimum atomic E-state index is 0.457. The maximum absolute atomic E-state index is 9.51. The van der Waals surface area contributed by atoms with Gasteiger partial charge in [-0.15, -0.1) is 11.3 Å². The van der Waals surface area contributed by atoms with Crippen LogP contribution in [0, 0.1) is 11.3 Å². The molecule has 0 unspecified atom stereocenters. The van der Waals surface area contributed by atoms with Crippen LogP contribution in [0.4, 0.5) is 5.69 Å². The summed E-state index contributed by atoms with van der Waals surface area (Å²) in [4.78, 5) is 4.58. The van der Waals surface area contributed by atoms with Gasteiger partial charge in [0.1, 0.15) is 16.6 Å². The zero-order valence-electron chi connectivity index (χ0n) is 14.7. The SMILES string of the molecule is COc1ccc(NC=C(C#N)c2nc(-c3ccc(Br)cc3)cs2)cc1OC. The third-order valence-corrected chi connectivity index (χ3v) is 5.17. The van der Waals surface area contributed by atoms with Gasteiger partial charge in [-0.1, -0.05) is 28.1 Å². The molecule has 0 saturated carbocycles. The van der Waals surface area contributed by atoms with Gasteiger partial charge in [-0.05, 0) is 24.3 Å².